The van der Waals surface area contributed by atoms with Crippen molar-refractivity contribution in [2.45, 2.75) is 19.8 Å². The highest BCUT2D eigenvalue weighted by molar-refractivity contribution is 5.56. The molecule has 0 aromatic rings. The van der Waals surface area contributed by atoms with Crippen molar-refractivity contribution in [1.82, 2.24) is 0 Å². The maximum atomic E-state index is 10.1. The number of carbonyl (C=O) groups excluding carboxylic acids is 1. The topological polar surface area (TPSA) is 78.7 Å². The Balaban J connectivity index is 3.25. The molecule has 0 aliphatic heterocycles. The lowest BCUT2D eigenvalue weighted by Gasteiger charge is -1.95. The molecule has 11 heavy (non-hydrogen) atoms. The SMILES string of the molecule is CCCCOOC(=O)[N+](=O)[O-]. The number of unbranched alkanes of at least 4 members (excludes halogenated alkanes) is 1. The Bertz CT molecular complexity index is 146. The number of hydrogen-bond donors (Lipinski definition) is 0. The minimum Gasteiger partial charge on any atom is -0.253 e. The van der Waals surface area contributed by atoms with E-state index in [9.17, 15) is 14.9 Å². The molecule has 0 N–H and O–H groups in total. The van der Waals surface area contributed by atoms with Crippen LogP contribution in [0, 0.1) is 10.1 Å². The number of nitro groups is 1. The molecule has 0 aliphatic carbocycles. The normalized spacial score (nSPS) is 9.18. The van der Waals surface area contributed by atoms with Gasteiger partial charge in [-0.05, 0) is 6.42 Å². The van der Waals surface area contributed by atoms with Crippen molar-refractivity contribution in [1.29, 1.82) is 0 Å². The average Bonchev–Trinajstić information content (AvgIpc) is 1.97. The van der Waals surface area contributed by atoms with Crippen LogP contribution < -0.4 is 0 Å². The Kier molecular flexibility index (Phi) is 5.01. The largest absolute Gasteiger partial charge is 0.688 e. The first-order chi connectivity index (χ1) is 5.18. The third-order valence-corrected chi connectivity index (χ3v) is 0.861. The van der Waals surface area contributed by atoms with E-state index < -0.39 is 11.0 Å². The second-order valence-corrected chi connectivity index (χ2v) is 1.78. The van der Waals surface area contributed by atoms with E-state index in [-0.39, 0.29) is 6.61 Å². The number of hydrogen-bond acceptors (Lipinski definition) is 5. The van der Waals surface area contributed by atoms with Gasteiger partial charge in [0.1, 0.15) is 4.92 Å². The zero-order valence-electron chi connectivity index (χ0n) is 6.11. The fraction of sp³-hybridized carbons (Fsp3) is 0.800. The first-order valence-corrected chi connectivity index (χ1v) is 3.16. The molecule has 0 aromatic carbocycles. The van der Waals surface area contributed by atoms with Crippen molar-refractivity contribution in [3.63, 3.8) is 0 Å². The van der Waals surface area contributed by atoms with E-state index in [0.29, 0.717) is 6.42 Å². The third kappa shape index (κ3) is 5.28. The molecule has 64 valence electrons. The molecule has 0 bridgehead atoms. The van der Waals surface area contributed by atoms with Crippen molar-refractivity contribution in [3.05, 3.63) is 10.1 Å². The molecule has 0 atom stereocenters. The van der Waals surface area contributed by atoms with Gasteiger partial charge in [0.15, 0.2) is 0 Å². The van der Waals surface area contributed by atoms with Gasteiger partial charge in [0.25, 0.3) is 0 Å². The minimum atomic E-state index is -1.58. The molecule has 0 unspecified atom stereocenters. The summed E-state index contributed by atoms with van der Waals surface area (Å²) in [6.07, 6.45) is -0.0119. The first-order valence-electron chi connectivity index (χ1n) is 3.16. The number of rotatable bonds is 4. The summed E-state index contributed by atoms with van der Waals surface area (Å²) in [7, 11) is 0. The fourth-order valence-corrected chi connectivity index (χ4v) is 0.326. The summed E-state index contributed by atoms with van der Waals surface area (Å²) < 4.78 is 0. The Morgan fingerprint density at radius 1 is 1.64 bits per heavy atom. The maximum Gasteiger partial charge on any atom is 0.688 e. The molecular formula is C5H9NO5. The molecular weight excluding hydrogens is 154 g/mol. The summed E-state index contributed by atoms with van der Waals surface area (Å²) in [5.41, 5.74) is 0. The van der Waals surface area contributed by atoms with E-state index in [1.165, 1.54) is 0 Å². The van der Waals surface area contributed by atoms with Gasteiger partial charge >= 0.3 is 6.09 Å². The van der Waals surface area contributed by atoms with E-state index in [0.717, 1.165) is 6.42 Å². The van der Waals surface area contributed by atoms with Gasteiger partial charge in [-0.1, -0.05) is 13.3 Å². The summed E-state index contributed by atoms with van der Waals surface area (Å²) in [6.45, 7) is 2.11. The lowest BCUT2D eigenvalue weighted by molar-refractivity contribution is -0.434. The molecule has 0 radical (unpaired) electrons. The molecule has 0 heterocycles. The van der Waals surface area contributed by atoms with Gasteiger partial charge < -0.3 is 0 Å². The van der Waals surface area contributed by atoms with E-state index in [4.69, 9.17) is 0 Å². The molecule has 1 amide bonds. The molecule has 6 heteroatoms. The zero-order chi connectivity index (χ0) is 8.69. The summed E-state index contributed by atoms with van der Waals surface area (Å²) in [5, 5.41) is 9.61. The fourth-order valence-electron chi connectivity index (χ4n) is 0.326. The zero-order valence-corrected chi connectivity index (χ0v) is 6.11. The van der Waals surface area contributed by atoms with Crippen LogP contribution in [0.15, 0.2) is 0 Å². The van der Waals surface area contributed by atoms with Gasteiger partial charge in [0, 0.05) is 0 Å². The van der Waals surface area contributed by atoms with Gasteiger partial charge in [-0.15, -0.1) is 0 Å². The third-order valence-electron chi connectivity index (χ3n) is 0.861. The summed E-state index contributed by atoms with van der Waals surface area (Å²) >= 11 is 0. The van der Waals surface area contributed by atoms with Crippen LogP contribution in [0.3, 0.4) is 0 Å². The van der Waals surface area contributed by atoms with Gasteiger partial charge in [0.2, 0.25) is 0 Å². The summed E-state index contributed by atoms with van der Waals surface area (Å²) in [5.74, 6) is 0. The Labute approximate surface area is 63.2 Å². The van der Waals surface area contributed by atoms with Crippen LogP contribution in [0.4, 0.5) is 4.79 Å². The van der Waals surface area contributed by atoms with Crippen molar-refractivity contribution < 1.29 is 19.5 Å². The predicted molar refractivity (Wildman–Crippen MR) is 34.3 cm³/mol. The highest BCUT2D eigenvalue weighted by Gasteiger charge is 2.17. The van der Waals surface area contributed by atoms with Crippen molar-refractivity contribution in [2.24, 2.45) is 0 Å². The summed E-state index contributed by atoms with van der Waals surface area (Å²) in [6, 6.07) is 0. The van der Waals surface area contributed by atoms with Crippen LogP contribution in [0.25, 0.3) is 0 Å². The standard InChI is InChI=1S/C5H9NO5/c1-2-3-4-10-11-5(7)6(8)9/h2-4H2,1H3. The van der Waals surface area contributed by atoms with Crippen LogP contribution in [0.2, 0.25) is 0 Å². The summed E-state index contributed by atoms with van der Waals surface area (Å²) in [4.78, 5) is 26.5. The smallest absolute Gasteiger partial charge is 0.253 e. The van der Waals surface area contributed by atoms with Gasteiger partial charge in [-0.25, -0.2) is 4.89 Å². The number of carbonyl (C=O) groups is 1. The van der Waals surface area contributed by atoms with Gasteiger partial charge in [0.05, 0.1) is 6.61 Å². The first kappa shape index (κ1) is 9.83. The molecule has 0 spiro atoms. The minimum absolute atomic E-state index is 0.191. The van der Waals surface area contributed by atoms with E-state index in [1.54, 1.807) is 0 Å². The molecule has 0 rings (SSSR count). The van der Waals surface area contributed by atoms with Crippen LogP contribution in [0.5, 0.6) is 0 Å². The van der Waals surface area contributed by atoms with Crippen LogP contribution >= 0.6 is 0 Å². The van der Waals surface area contributed by atoms with Gasteiger partial charge in [-0.2, -0.15) is 9.68 Å². The maximum absolute atomic E-state index is 10.1. The Morgan fingerprint density at radius 2 is 2.27 bits per heavy atom. The van der Waals surface area contributed by atoms with E-state index in [2.05, 4.69) is 9.78 Å². The molecule has 0 aliphatic rings. The molecule has 0 saturated heterocycles. The molecule has 0 fully saturated rings. The molecule has 6 nitrogen and oxygen atoms in total. The van der Waals surface area contributed by atoms with Crippen molar-refractivity contribution in [2.75, 3.05) is 6.61 Å². The van der Waals surface area contributed by atoms with Crippen LogP contribution in [-0.2, 0) is 9.78 Å². The Morgan fingerprint density at radius 3 is 2.73 bits per heavy atom. The quantitative estimate of drug-likeness (QED) is 0.268. The monoisotopic (exact) mass is 163 g/mol. The van der Waals surface area contributed by atoms with E-state index >= 15 is 0 Å². The van der Waals surface area contributed by atoms with Crippen LogP contribution in [-0.4, -0.2) is 17.6 Å². The highest BCUT2D eigenvalue weighted by atomic mass is 17.2. The van der Waals surface area contributed by atoms with Gasteiger partial charge in [-0.3, -0.25) is 10.1 Å². The van der Waals surface area contributed by atoms with Crippen LogP contribution in [0.1, 0.15) is 19.8 Å². The predicted octanol–water partition coefficient (Wildman–Crippen LogP) is 1.13. The number of amides is 1. The van der Waals surface area contributed by atoms with E-state index in [1.807, 2.05) is 6.92 Å². The van der Waals surface area contributed by atoms with Crippen molar-refractivity contribution in [3.8, 4) is 0 Å². The molecule has 0 aromatic heterocycles. The lowest BCUT2D eigenvalue weighted by Crippen LogP contribution is -2.13. The Hall–Kier alpha value is -1.17. The second kappa shape index (κ2) is 5.60. The second-order valence-electron chi connectivity index (χ2n) is 1.78. The average molecular weight is 163 g/mol. The lowest BCUT2D eigenvalue weighted by atomic mass is 10.4. The highest BCUT2D eigenvalue weighted by Crippen LogP contribution is 1.90. The number of nitrogens with zero attached hydrogens (tertiary/aromatic N) is 1. The molecule has 0 saturated carbocycles. The van der Waals surface area contributed by atoms with Crippen molar-refractivity contribution >= 4 is 6.09 Å².